The van der Waals surface area contributed by atoms with Crippen LogP contribution in [0.2, 0.25) is 0 Å². The van der Waals surface area contributed by atoms with Crippen LogP contribution in [0.15, 0.2) is 0 Å². The first kappa shape index (κ1) is 17.7. The van der Waals surface area contributed by atoms with E-state index in [0.717, 1.165) is 31.3 Å². The zero-order valence-corrected chi connectivity index (χ0v) is 14.2. The van der Waals surface area contributed by atoms with Gasteiger partial charge in [0, 0.05) is 19.5 Å². The normalized spacial score (nSPS) is 22.8. The molecule has 0 aromatic rings. The molecule has 2 aliphatic rings. The summed E-state index contributed by atoms with van der Waals surface area (Å²) in [6.45, 7) is 5.53. The van der Waals surface area contributed by atoms with Crippen LogP contribution in [0, 0.1) is 11.8 Å². The van der Waals surface area contributed by atoms with Gasteiger partial charge >= 0.3 is 0 Å². The molecule has 1 heterocycles. The molecule has 0 radical (unpaired) electrons. The predicted octanol–water partition coefficient (Wildman–Crippen LogP) is 2.56. The molecule has 2 N–H and O–H groups in total. The fourth-order valence-corrected chi connectivity index (χ4v) is 3.78. The monoisotopic (exact) mass is 310 g/mol. The van der Waals surface area contributed by atoms with E-state index in [1.54, 1.807) is 0 Å². The van der Waals surface area contributed by atoms with E-state index < -0.39 is 6.10 Å². The molecule has 0 aromatic heterocycles. The maximum Gasteiger partial charge on any atom is 0.220 e. The Labute approximate surface area is 135 Å². The quantitative estimate of drug-likeness (QED) is 0.724. The minimum absolute atomic E-state index is 0.101. The van der Waals surface area contributed by atoms with Gasteiger partial charge < -0.3 is 15.3 Å². The van der Waals surface area contributed by atoms with Crippen molar-refractivity contribution in [3.63, 3.8) is 0 Å². The maximum atomic E-state index is 11.8. The van der Waals surface area contributed by atoms with E-state index in [-0.39, 0.29) is 5.91 Å². The Morgan fingerprint density at radius 2 is 1.91 bits per heavy atom. The van der Waals surface area contributed by atoms with Crippen molar-refractivity contribution in [2.24, 2.45) is 11.8 Å². The van der Waals surface area contributed by atoms with Gasteiger partial charge in [0.1, 0.15) is 0 Å². The summed E-state index contributed by atoms with van der Waals surface area (Å²) in [6.07, 6.45) is 10.3. The van der Waals surface area contributed by atoms with Gasteiger partial charge in [-0.2, -0.15) is 0 Å². The number of aliphatic hydroxyl groups excluding tert-OH is 1. The molecule has 1 aliphatic carbocycles. The smallest absolute Gasteiger partial charge is 0.220 e. The molecule has 2 rings (SSSR count). The van der Waals surface area contributed by atoms with Gasteiger partial charge in [-0.15, -0.1) is 0 Å². The number of β-amino-alcohol motifs (C(OH)–C–C–N with tert-alkyl or cyclic N) is 1. The number of carbonyl (C=O) groups is 1. The van der Waals surface area contributed by atoms with Crippen molar-refractivity contribution in [2.75, 3.05) is 26.2 Å². The van der Waals surface area contributed by atoms with Crippen LogP contribution in [0.1, 0.15) is 64.7 Å². The summed E-state index contributed by atoms with van der Waals surface area (Å²) in [5.74, 6) is 1.78. The number of rotatable bonds is 8. The number of likely N-dealkylation sites (tertiary alicyclic amines) is 1. The summed E-state index contributed by atoms with van der Waals surface area (Å²) in [5, 5.41) is 12.9. The Kier molecular flexibility index (Phi) is 7.67. The van der Waals surface area contributed by atoms with Gasteiger partial charge in [0.05, 0.1) is 6.10 Å². The van der Waals surface area contributed by atoms with Crippen molar-refractivity contribution in [2.45, 2.75) is 70.8 Å². The molecular formula is C18H34N2O2. The van der Waals surface area contributed by atoms with Crippen molar-refractivity contribution in [1.82, 2.24) is 10.2 Å². The summed E-state index contributed by atoms with van der Waals surface area (Å²) in [4.78, 5) is 14.1. The van der Waals surface area contributed by atoms with Crippen LogP contribution in [0.25, 0.3) is 0 Å². The van der Waals surface area contributed by atoms with E-state index in [2.05, 4.69) is 17.1 Å². The van der Waals surface area contributed by atoms with Crippen LogP contribution in [0.4, 0.5) is 0 Å². The number of aliphatic hydroxyl groups is 1. The molecule has 4 heteroatoms. The standard InChI is InChI=1S/C18H34N2O2/c1-15-9-11-20(12-10-15)14-17(21)13-19-18(22)8-4-7-16-5-2-3-6-16/h15-17,21H,2-14H2,1H3,(H,19,22). The zero-order chi connectivity index (χ0) is 15.8. The molecule has 1 saturated heterocycles. The second-order valence-corrected chi connectivity index (χ2v) is 7.48. The lowest BCUT2D eigenvalue weighted by Crippen LogP contribution is -2.43. The largest absolute Gasteiger partial charge is 0.390 e. The van der Waals surface area contributed by atoms with Crippen molar-refractivity contribution in [3.8, 4) is 0 Å². The second-order valence-electron chi connectivity index (χ2n) is 7.48. The maximum absolute atomic E-state index is 11.8. The summed E-state index contributed by atoms with van der Waals surface area (Å²) in [5.41, 5.74) is 0. The first-order valence-corrected chi connectivity index (χ1v) is 9.30. The molecule has 1 unspecified atom stereocenters. The number of nitrogens with one attached hydrogen (secondary N) is 1. The van der Waals surface area contributed by atoms with E-state index in [1.807, 2.05) is 0 Å². The van der Waals surface area contributed by atoms with Crippen molar-refractivity contribution >= 4 is 5.91 Å². The molecule has 1 aliphatic heterocycles. The average molecular weight is 310 g/mol. The number of hydrogen-bond donors (Lipinski definition) is 2. The summed E-state index contributed by atoms with van der Waals surface area (Å²) in [6, 6.07) is 0. The first-order chi connectivity index (χ1) is 10.6. The molecule has 0 spiro atoms. The summed E-state index contributed by atoms with van der Waals surface area (Å²) in [7, 11) is 0. The van der Waals surface area contributed by atoms with E-state index >= 15 is 0 Å². The number of hydrogen-bond acceptors (Lipinski definition) is 3. The Morgan fingerprint density at radius 1 is 1.23 bits per heavy atom. The van der Waals surface area contributed by atoms with Gasteiger partial charge in [-0.05, 0) is 50.6 Å². The molecule has 128 valence electrons. The lowest BCUT2D eigenvalue weighted by Gasteiger charge is -2.31. The van der Waals surface area contributed by atoms with Gasteiger partial charge in [0.2, 0.25) is 5.91 Å². The highest BCUT2D eigenvalue weighted by atomic mass is 16.3. The highest BCUT2D eigenvalue weighted by Gasteiger charge is 2.19. The third-order valence-corrected chi connectivity index (χ3v) is 5.37. The molecule has 4 nitrogen and oxygen atoms in total. The van der Waals surface area contributed by atoms with Gasteiger partial charge in [-0.25, -0.2) is 0 Å². The van der Waals surface area contributed by atoms with Crippen LogP contribution < -0.4 is 5.32 Å². The van der Waals surface area contributed by atoms with E-state index in [1.165, 1.54) is 44.9 Å². The minimum atomic E-state index is -0.438. The molecule has 1 saturated carbocycles. The number of amides is 1. The topological polar surface area (TPSA) is 52.6 Å². The summed E-state index contributed by atoms with van der Waals surface area (Å²) >= 11 is 0. The Morgan fingerprint density at radius 3 is 2.59 bits per heavy atom. The number of carbonyl (C=O) groups excluding carboxylic acids is 1. The van der Waals surface area contributed by atoms with Gasteiger partial charge in [-0.3, -0.25) is 4.79 Å². The van der Waals surface area contributed by atoms with Gasteiger partial charge in [0.15, 0.2) is 0 Å². The van der Waals surface area contributed by atoms with Crippen molar-refractivity contribution in [3.05, 3.63) is 0 Å². The highest BCUT2D eigenvalue weighted by molar-refractivity contribution is 5.75. The lowest BCUT2D eigenvalue weighted by molar-refractivity contribution is -0.121. The Hall–Kier alpha value is -0.610. The van der Waals surface area contributed by atoms with E-state index in [0.29, 0.717) is 19.5 Å². The highest BCUT2D eigenvalue weighted by Crippen LogP contribution is 2.28. The third-order valence-electron chi connectivity index (χ3n) is 5.37. The van der Waals surface area contributed by atoms with Gasteiger partial charge in [-0.1, -0.05) is 32.6 Å². The molecule has 1 amide bonds. The van der Waals surface area contributed by atoms with E-state index in [9.17, 15) is 9.90 Å². The predicted molar refractivity (Wildman–Crippen MR) is 89.7 cm³/mol. The average Bonchev–Trinajstić information content (AvgIpc) is 3.01. The van der Waals surface area contributed by atoms with Crippen LogP contribution in [0.3, 0.4) is 0 Å². The fraction of sp³-hybridized carbons (Fsp3) is 0.944. The molecule has 22 heavy (non-hydrogen) atoms. The van der Waals surface area contributed by atoms with Crippen LogP contribution in [-0.4, -0.2) is 48.2 Å². The van der Waals surface area contributed by atoms with Crippen LogP contribution >= 0.6 is 0 Å². The zero-order valence-electron chi connectivity index (χ0n) is 14.2. The van der Waals surface area contributed by atoms with Crippen molar-refractivity contribution in [1.29, 1.82) is 0 Å². The Balaban J connectivity index is 1.49. The SMILES string of the molecule is CC1CCN(CC(O)CNC(=O)CCCC2CCCC2)CC1. The van der Waals surface area contributed by atoms with Crippen LogP contribution in [-0.2, 0) is 4.79 Å². The summed E-state index contributed by atoms with van der Waals surface area (Å²) < 4.78 is 0. The van der Waals surface area contributed by atoms with Crippen molar-refractivity contribution < 1.29 is 9.90 Å². The second kappa shape index (κ2) is 9.51. The molecule has 2 fully saturated rings. The van der Waals surface area contributed by atoms with Gasteiger partial charge in [0.25, 0.3) is 0 Å². The number of piperidine rings is 1. The fourth-order valence-electron chi connectivity index (χ4n) is 3.78. The molecule has 0 aromatic carbocycles. The van der Waals surface area contributed by atoms with Crippen LogP contribution in [0.5, 0.6) is 0 Å². The number of nitrogens with zero attached hydrogens (tertiary/aromatic N) is 1. The minimum Gasteiger partial charge on any atom is -0.390 e. The Bertz CT molecular complexity index is 321. The first-order valence-electron chi connectivity index (χ1n) is 9.30. The molecular weight excluding hydrogens is 276 g/mol. The molecule has 0 bridgehead atoms. The molecule has 1 atom stereocenters. The lowest BCUT2D eigenvalue weighted by atomic mass is 9.99. The third kappa shape index (κ3) is 6.66. The van der Waals surface area contributed by atoms with E-state index in [4.69, 9.17) is 0 Å².